The zero-order valence-electron chi connectivity index (χ0n) is 16.7. The van der Waals surface area contributed by atoms with Crippen molar-refractivity contribution in [3.63, 3.8) is 0 Å². The Labute approximate surface area is 181 Å². The molecular formula is C22H27N3O2S2. The summed E-state index contributed by atoms with van der Waals surface area (Å²) in [5, 5.41) is 3.83. The van der Waals surface area contributed by atoms with Crippen LogP contribution in [0, 0.1) is 5.92 Å². The van der Waals surface area contributed by atoms with Gasteiger partial charge in [0.25, 0.3) is 5.91 Å². The third kappa shape index (κ3) is 6.51. The molecule has 3 rings (SSSR count). The average molecular weight is 430 g/mol. The fraction of sp³-hybridized carbons (Fsp3) is 0.409. The number of rotatable bonds is 8. The van der Waals surface area contributed by atoms with E-state index < -0.39 is 0 Å². The molecule has 5 nitrogen and oxygen atoms in total. The summed E-state index contributed by atoms with van der Waals surface area (Å²) in [5.41, 5.74) is 1.92. The lowest BCUT2D eigenvalue weighted by Crippen LogP contribution is -2.42. The molecule has 0 bridgehead atoms. The first kappa shape index (κ1) is 21.7. The maximum absolute atomic E-state index is 12.8. The summed E-state index contributed by atoms with van der Waals surface area (Å²) in [4.78, 5) is 31.1. The van der Waals surface area contributed by atoms with Crippen LogP contribution in [0.4, 0.5) is 0 Å². The van der Waals surface area contributed by atoms with E-state index in [1.165, 1.54) is 17.3 Å². The van der Waals surface area contributed by atoms with Gasteiger partial charge in [-0.15, -0.1) is 23.5 Å². The van der Waals surface area contributed by atoms with Gasteiger partial charge in [-0.05, 0) is 42.7 Å². The van der Waals surface area contributed by atoms with E-state index in [1.807, 2.05) is 41.5 Å². The van der Waals surface area contributed by atoms with E-state index in [2.05, 4.69) is 22.4 Å². The molecule has 1 aliphatic heterocycles. The lowest BCUT2D eigenvalue weighted by atomic mass is 9.96. The highest BCUT2D eigenvalue weighted by Gasteiger charge is 2.25. The van der Waals surface area contributed by atoms with Crippen LogP contribution in [0.1, 0.15) is 28.8 Å². The number of likely N-dealkylation sites (tertiary alicyclic amines) is 1. The Hall–Kier alpha value is -1.99. The standard InChI is InChI=1S/C22H27N3O2S2/c1-28-21-19(8-5-11-23-21)22(27)25-12-9-17(10-13-25)14-24-20(26)16-29-15-18-6-3-2-4-7-18/h2-8,11,17H,9-10,12-16H2,1H3,(H,24,26). The maximum Gasteiger partial charge on any atom is 0.256 e. The van der Waals surface area contributed by atoms with Crippen LogP contribution in [0.15, 0.2) is 53.7 Å². The highest BCUT2D eigenvalue weighted by atomic mass is 32.2. The second-order valence-corrected chi connectivity index (χ2v) is 8.86. The number of aromatic nitrogens is 1. The second kappa shape index (κ2) is 11.3. The van der Waals surface area contributed by atoms with Crippen molar-refractivity contribution in [1.29, 1.82) is 0 Å². The number of pyridine rings is 1. The second-order valence-electron chi connectivity index (χ2n) is 7.08. The lowest BCUT2D eigenvalue weighted by molar-refractivity contribution is -0.118. The molecule has 1 saturated heterocycles. The Kier molecular flexibility index (Phi) is 8.43. The smallest absolute Gasteiger partial charge is 0.256 e. The number of carbonyl (C=O) groups is 2. The third-order valence-corrected chi connectivity index (χ3v) is 6.75. The largest absolute Gasteiger partial charge is 0.355 e. The van der Waals surface area contributed by atoms with Crippen molar-refractivity contribution in [3.05, 3.63) is 59.8 Å². The Morgan fingerprint density at radius 1 is 1.14 bits per heavy atom. The first-order valence-electron chi connectivity index (χ1n) is 9.84. The first-order chi connectivity index (χ1) is 14.2. The molecule has 1 fully saturated rings. The molecule has 1 N–H and O–H groups in total. The molecule has 154 valence electrons. The van der Waals surface area contributed by atoms with Crippen LogP contribution in [-0.2, 0) is 10.5 Å². The molecular weight excluding hydrogens is 402 g/mol. The van der Waals surface area contributed by atoms with Gasteiger partial charge in [0.2, 0.25) is 5.91 Å². The number of benzene rings is 1. The Morgan fingerprint density at radius 2 is 1.90 bits per heavy atom. The summed E-state index contributed by atoms with van der Waals surface area (Å²) in [5.74, 6) is 1.90. The highest BCUT2D eigenvalue weighted by Crippen LogP contribution is 2.22. The minimum absolute atomic E-state index is 0.0576. The molecule has 0 atom stereocenters. The number of nitrogens with one attached hydrogen (secondary N) is 1. The SMILES string of the molecule is CSc1ncccc1C(=O)N1CCC(CNC(=O)CSCc2ccccc2)CC1. The van der Waals surface area contributed by atoms with Crippen LogP contribution in [0.25, 0.3) is 0 Å². The van der Waals surface area contributed by atoms with Gasteiger partial charge in [0.15, 0.2) is 0 Å². The number of carbonyl (C=O) groups excluding carboxylic acids is 2. The van der Waals surface area contributed by atoms with Gasteiger partial charge in [-0.2, -0.15) is 0 Å². The maximum atomic E-state index is 12.8. The van der Waals surface area contributed by atoms with E-state index in [4.69, 9.17) is 0 Å². The minimum atomic E-state index is 0.0576. The zero-order chi connectivity index (χ0) is 20.5. The van der Waals surface area contributed by atoms with Crippen molar-refractivity contribution in [2.75, 3.05) is 31.6 Å². The van der Waals surface area contributed by atoms with E-state index in [0.29, 0.717) is 23.8 Å². The van der Waals surface area contributed by atoms with Gasteiger partial charge < -0.3 is 10.2 Å². The van der Waals surface area contributed by atoms with Gasteiger partial charge in [-0.3, -0.25) is 9.59 Å². The fourth-order valence-corrected chi connectivity index (χ4v) is 4.73. The van der Waals surface area contributed by atoms with Gasteiger partial charge in [-0.25, -0.2) is 4.98 Å². The lowest BCUT2D eigenvalue weighted by Gasteiger charge is -2.32. The molecule has 1 aromatic heterocycles. The average Bonchev–Trinajstić information content (AvgIpc) is 2.78. The Balaban J connectivity index is 1.36. The molecule has 0 radical (unpaired) electrons. The van der Waals surface area contributed by atoms with E-state index in [9.17, 15) is 9.59 Å². The molecule has 2 heterocycles. The molecule has 1 aliphatic rings. The highest BCUT2D eigenvalue weighted by molar-refractivity contribution is 7.99. The molecule has 0 aliphatic carbocycles. The predicted molar refractivity (Wildman–Crippen MR) is 120 cm³/mol. The Bertz CT molecular complexity index is 809. The summed E-state index contributed by atoms with van der Waals surface area (Å²) >= 11 is 3.13. The van der Waals surface area contributed by atoms with Gasteiger partial charge in [0, 0.05) is 31.6 Å². The number of thioether (sulfide) groups is 2. The summed E-state index contributed by atoms with van der Waals surface area (Å²) < 4.78 is 0. The number of hydrogen-bond donors (Lipinski definition) is 1. The number of hydrogen-bond acceptors (Lipinski definition) is 5. The van der Waals surface area contributed by atoms with E-state index >= 15 is 0 Å². The van der Waals surface area contributed by atoms with Crippen LogP contribution in [0.2, 0.25) is 0 Å². The summed E-state index contributed by atoms with van der Waals surface area (Å²) in [6, 6.07) is 13.8. The van der Waals surface area contributed by atoms with Gasteiger partial charge in [-0.1, -0.05) is 30.3 Å². The van der Waals surface area contributed by atoms with Crippen molar-refractivity contribution < 1.29 is 9.59 Å². The molecule has 0 saturated carbocycles. The fourth-order valence-electron chi connectivity index (χ4n) is 3.37. The van der Waals surface area contributed by atoms with Gasteiger partial charge in [0.1, 0.15) is 5.03 Å². The van der Waals surface area contributed by atoms with Crippen molar-refractivity contribution in [2.24, 2.45) is 5.92 Å². The van der Waals surface area contributed by atoms with E-state index in [0.717, 1.165) is 36.7 Å². The van der Waals surface area contributed by atoms with Crippen LogP contribution in [0.5, 0.6) is 0 Å². The first-order valence-corrected chi connectivity index (χ1v) is 12.2. The summed E-state index contributed by atoms with van der Waals surface area (Å²) in [6.07, 6.45) is 5.48. The van der Waals surface area contributed by atoms with Crippen LogP contribution >= 0.6 is 23.5 Å². The van der Waals surface area contributed by atoms with Crippen molar-refractivity contribution in [1.82, 2.24) is 15.2 Å². The predicted octanol–water partition coefficient (Wildman–Crippen LogP) is 3.71. The molecule has 7 heteroatoms. The van der Waals surface area contributed by atoms with Gasteiger partial charge >= 0.3 is 0 Å². The van der Waals surface area contributed by atoms with Crippen LogP contribution < -0.4 is 5.32 Å². The minimum Gasteiger partial charge on any atom is -0.355 e. The molecule has 2 aromatic rings. The summed E-state index contributed by atoms with van der Waals surface area (Å²) in [7, 11) is 0. The zero-order valence-corrected chi connectivity index (χ0v) is 18.3. The molecule has 29 heavy (non-hydrogen) atoms. The molecule has 0 unspecified atom stereocenters. The molecule has 0 spiro atoms. The van der Waals surface area contributed by atoms with Crippen LogP contribution in [-0.4, -0.2) is 53.3 Å². The van der Waals surface area contributed by atoms with Gasteiger partial charge in [0.05, 0.1) is 11.3 Å². The number of piperidine rings is 1. The quantitative estimate of drug-likeness (QED) is 0.648. The normalized spacial score (nSPS) is 14.6. The number of nitrogens with zero attached hydrogens (tertiary/aromatic N) is 2. The van der Waals surface area contributed by atoms with Crippen molar-refractivity contribution in [3.8, 4) is 0 Å². The van der Waals surface area contributed by atoms with Crippen LogP contribution in [0.3, 0.4) is 0 Å². The van der Waals surface area contributed by atoms with E-state index in [1.54, 1.807) is 18.0 Å². The number of amides is 2. The van der Waals surface area contributed by atoms with Crippen molar-refractivity contribution >= 4 is 35.3 Å². The molecule has 2 amide bonds. The topological polar surface area (TPSA) is 62.3 Å². The third-order valence-electron chi connectivity index (χ3n) is 5.03. The Morgan fingerprint density at radius 3 is 2.62 bits per heavy atom. The van der Waals surface area contributed by atoms with E-state index in [-0.39, 0.29) is 11.8 Å². The molecule has 1 aromatic carbocycles. The monoisotopic (exact) mass is 429 g/mol. The summed E-state index contributed by atoms with van der Waals surface area (Å²) in [6.45, 7) is 2.14. The van der Waals surface area contributed by atoms with Crippen molar-refractivity contribution in [2.45, 2.75) is 23.6 Å².